The molecule has 21 heavy (non-hydrogen) atoms. The lowest BCUT2D eigenvalue weighted by Gasteiger charge is -2.34. The van der Waals surface area contributed by atoms with Crippen molar-refractivity contribution in [3.8, 4) is 0 Å². The molecule has 1 fully saturated rings. The molecule has 2 unspecified atom stereocenters. The Labute approximate surface area is 125 Å². The van der Waals surface area contributed by atoms with E-state index in [2.05, 4.69) is 0 Å². The molecule has 0 bridgehead atoms. The van der Waals surface area contributed by atoms with E-state index in [0.29, 0.717) is 24.5 Å². The number of hydrogen-bond acceptors (Lipinski definition) is 2. The normalized spacial score (nSPS) is 19.4. The van der Waals surface area contributed by atoms with E-state index in [0.717, 1.165) is 18.9 Å². The fourth-order valence-electron chi connectivity index (χ4n) is 3.34. The van der Waals surface area contributed by atoms with Gasteiger partial charge in [0.25, 0.3) is 0 Å². The Balaban J connectivity index is 2.07. The molecular weight excluding hydrogens is 272 g/mol. The second-order valence-electron chi connectivity index (χ2n) is 5.90. The van der Waals surface area contributed by atoms with E-state index in [9.17, 15) is 8.78 Å². The minimum absolute atomic E-state index is 0.0713. The van der Waals surface area contributed by atoms with Crippen molar-refractivity contribution in [3.63, 3.8) is 0 Å². The van der Waals surface area contributed by atoms with Crippen LogP contribution in [0.1, 0.15) is 44.6 Å². The average Bonchev–Trinajstić information content (AvgIpc) is 2.50. The first kappa shape index (κ1) is 16.4. The Morgan fingerprint density at radius 3 is 2.62 bits per heavy atom. The molecule has 1 aromatic rings. The van der Waals surface area contributed by atoms with Gasteiger partial charge in [-0.15, -0.1) is 0 Å². The number of hydrogen-bond donors (Lipinski definition) is 1. The highest BCUT2D eigenvalue weighted by atomic mass is 19.2. The third-order valence-corrected chi connectivity index (χ3v) is 4.38. The van der Waals surface area contributed by atoms with Crippen LogP contribution >= 0.6 is 0 Å². The molecule has 1 aromatic carbocycles. The molecule has 0 spiro atoms. The number of ether oxygens (including phenoxy) is 1. The molecule has 118 valence electrons. The summed E-state index contributed by atoms with van der Waals surface area (Å²) in [5.74, 6) is -1.16. The van der Waals surface area contributed by atoms with E-state index in [1.807, 2.05) is 6.92 Å². The third kappa shape index (κ3) is 4.24. The molecule has 2 nitrogen and oxygen atoms in total. The Morgan fingerprint density at radius 1 is 1.24 bits per heavy atom. The van der Waals surface area contributed by atoms with E-state index in [1.54, 1.807) is 6.07 Å². The molecule has 2 atom stereocenters. The highest BCUT2D eigenvalue weighted by molar-refractivity contribution is 5.20. The SMILES string of the molecule is CCOC(C(N)Cc1cccc(F)c1F)C1CCCCC1. The minimum Gasteiger partial charge on any atom is -0.377 e. The van der Waals surface area contributed by atoms with Crippen LogP contribution in [-0.2, 0) is 11.2 Å². The first-order valence-electron chi connectivity index (χ1n) is 7.93. The lowest BCUT2D eigenvalue weighted by molar-refractivity contribution is -0.00927. The van der Waals surface area contributed by atoms with Gasteiger partial charge in [-0.25, -0.2) is 8.78 Å². The lowest BCUT2D eigenvalue weighted by Crippen LogP contribution is -2.44. The molecule has 2 N–H and O–H groups in total. The third-order valence-electron chi connectivity index (χ3n) is 4.38. The van der Waals surface area contributed by atoms with Crippen LogP contribution in [0.2, 0.25) is 0 Å². The standard InChI is InChI=1S/C17H25F2NO/c1-2-21-17(12-7-4-3-5-8-12)15(20)11-13-9-6-10-14(18)16(13)19/h6,9-10,12,15,17H,2-5,7-8,11,20H2,1H3. The first-order chi connectivity index (χ1) is 10.1. The molecule has 1 aliphatic carbocycles. The highest BCUT2D eigenvalue weighted by Gasteiger charge is 2.29. The summed E-state index contributed by atoms with van der Waals surface area (Å²) in [5, 5.41) is 0. The molecule has 2 rings (SSSR count). The summed E-state index contributed by atoms with van der Waals surface area (Å²) >= 11 is 0. The number of rotatable bonds is 6. The summed E-state index contributed by atoms with van der Waals surface area (Å²) in [7, 11) is 0. The molecule has 0 aromatic heterocycles. The monoisotopic (exact) mass is 297 g/mol. The van der Waals surface area contributed by atoms with Gasteiger partial charge in [0.2, 0.25) is 0 Å². The molecule has 0 amide bonds. The van der Waals surface area contributed by atoms with E-state index < -0.39 is 11.6 Å². The van der Waals surface area contributed by atoms with Crippen LogP contribution in [0.5, 0.6) is 0 Å². The van der Waals surface area contributed by atoms with Crippen LogP contribution in [0.15, 0.2) is 18.2 Å². The molecule has 0 heterocycles. The Hall–Kier alpha value is -1.00. The molecule has 4 heteroatoms. The van der Waals surface area contributed by atoms with E-state index >= 15 is 0 Å². The van der Waals surface area contributed by atoms with Gasteiger partial charge >= 0.3 is 0 Å². The zero-order chi connectivity index (χ0) is 15.2. The smallest absolute Gasteiger partial charge is 0.162 e. The molecule has 0 saturated heterocycles. The van der Waals surface area contributed by atoms with E-state index in [4.69, 9.17) is 10.5 Å². The fourth-order valence-corrected chi connectivity index (χ4v) is 3.34. The van der Waals surface area contributed by atoms with Gasteiger partial charge in [-0.2, -0.15) is 0 Å². The largest absolute Gasteiger partial charge is 0.377 e. The number of benzene rings is 1. The average molecular weight is 297 g/mol. The van der Waals surface area contributed by atoms with Crippen molar-refractivity contribution in [2.45, 2.75) is 57.6 Å². The van der Waals surface area contributed by atoms with Crippen LogP contribution in [0.25, 0.3) is 0 Å². The van der Waals surface area contributed by atoms with E-state index in [-0.39, 0.29) is 12.1 Å². The Morgan fingerprint density at radius 2 is 1.95 bits per heavy atom. The summed E-state index contributed by atoms with van der Waals surface area (Å²) in [6.45, 7) is 2.55. The van der Waals surface area contributed by atoms with E-state index in [1.165, 1.54) is 25.3 Å². The summed E-state index contributed by atoms with van der Waals surface area (Å²) in [4.78, 5) is 0. The van der Waals surface area contributed by atoms with Crippen LogP contribution in [0, 0.1) is 17.6 Å². The van der Waals surface area contributed by atoms with Gasteiger partial charge in [0.1, 0.15) is 0 Å². The fraction of sp³-hybridized carbons (Fsp3) is 0.647. The zero-order valence-corrected chi connectivity index (χ0v) is 12.7. The lowest BCUT2D eigenvalue weighted by atomic mass is 9.81. The van der Waals surface area contributed by atoms with Gasteiger partial charge in [0.15, 0.2) is 11.6 Å². The Bertz CT molecular complexity index is 446. The van der Waals surface area contributed by atoms with Gasteiger partial charge in [0, 0.05) is 12.6 Å². The maximum absolute atomic E-state index is 13.8. The topological polar surface area (TPSA) is 35.2 Å². The van der Waals surface area contributed by atoms with Gasteiger partial charge < -0.3 is 10.5 Å². The maximum atomic E-state index is 13.8. The van der Waals surface area contributed by atoms with Gasteiger partial charge in [0.05, 0.1) is 6.10 Å². The van der Waals surface area contributed by atoms with Crippen LogP contribution in [-0.4, -0.2) is 18.8 Å². The number of halogens is 2. The quantitative estimate of drug-likeness (QED) is 0.866. The van der Waals surface area contributed by atoms with Gasteiger partial charge in [-0.05, 0) is 43.7 Å². The Kier molecular flexibility index (Phi) is 6.12. The zero-order valence-electron chi connectivity index (χ0n) is 12.7. The summed E-state index contributed by atoms with van der Waals surface area (Å²) in [5.41, 5.74) is 6.61. The molecule has 1 saturated carbocycles. The van der Waals surface area contributed by atoms with Crippen molar-refractivity contribution in [2.75, 3.05) is 6.61 Å². The van der Waals surface area contributed by atoms with Crippen LogP contribution in [0.4, 0.5) is 8.78 Å². The second kappa shape index (κ2) is 7.85. The minimum atomic E-state index is -0.815. The molecule has 0 radical (unpaired) electrons. The maximum Gasteiger partial charge on any atom is 0.162 e. The van der Waals surface area contributed by atoms with Crippen molar-refractivity contribution < 1.29 is 13.5 Å². The summed E-state index contributed by atoms with van der Waals surface area (Å²) in [6.07, 6.45) is 6.14. The molecule has 1 aliphatic rings. The molecular formula is C17H25F2NO. The second-order valence-corrected chi connectivity index (χ2v) is 5.90. The highest BCUT2D eigenvalue weighted by Crippen LogP contribution is 2.30. The molecule has 0 aliphatic heterocycles. The summed E-state index contributed by atoms with van der Waals surface area (Å²) < 4.78 is 32.9. The van der Waals surface area contributed by atoms with Crippen molar-refractivity contribution in [1.29, 1.82) is 0 Å². The van der Waals surface area contributed by atoms with Gasteiger partial charge in [-0.3, -0.25) is 0 Å². The number of nitrogens with two attached hydrogens (primary N) is 1. The van der Waals surface area contributed by atoms with Crippen molar-refractivity contribution in [3.05, 3.63) is 35.4 Å². The predicted molar refractivity (Wildman–Crippen MR) is 80.0 cm³/mol. The van der Waals surface area contributed by atoms with Crippen molar-refractivity contribution in [2.24, 2.45) is 11.7 Å². The van der Waals surface area contributed by atoms with Gasteiger partial charge in [-0.1, -0.05) is 31.4 Å². The van der Waals surface area contributed by atoms with Crippen LogP contribution in [0.3, 0.4) is 0 Å². The van der Waals surface area contributed by atoms with Crippen LogP contribution < -0.4 is 5.73 Å². The first-order valence-corrected chi connectivity index (χ1v) is 7.93. The predicted octanol–water partition coefficient (Wildman–Crippen LogP) is 3.82. The van der Waals surface area contributed by atoms with Crippen molar-refractivity contribution >= 4 is 0 Å². The summed E-state index contributed by atoms with van der Waals surface area (Å²) in [6, 6.07) is 3.95. The van der Waals surface area contributed by atoms with Crippen molar-refractivity contribution in [1.82, 2.24) is 0 Å².